The van der Waals surface area contributed by atoms with Gasteiger partial charge in [0.25, 0.3) is 0 Å². The van der Waals surface area contributed by atoms with Gasteiger partial charge in [0.2, 0.25) is 0 Å². The average Bonchev–Trinajstić information content (AvgIpc) is 2.40. The maximum absolute atomic E-state index is 11.7. The minimum Gasteiger partial charge on any atom is -0.481 e. The van der Waals surface area contributed by atoms with Gasteiger partial charge in [-0.15, -0.1) is 0 Å². The Hall–Kier alpha value is -1.38. The first-order valence-corrected chi connectivity index (χ1v) is 6.78. The minimum atomic E-state index is -0.631. The number of aliphatic carboxylic acids is 1. The predicted octanol–water partition coefficient (Wildman–Crippen LogP) is 3.30. The SMILES string of the molecule is CCC1CCC(Cc2ccncc2)(C(=O)O)CC1. The molecule has 1 aliphatic carbocycles. The third-order valence-electron chi connectivity index (χ3n) is 4.39. The van der Waals surface area contributed by atoms with Crippen LogP contribution >= 0.6 is 0 Å². The van der Waals surface area contributed by atoms with Crippen molar-refractivity contribution in [2.24, 2.45) is 11.3 Å². The molecule has 0 aromatic carbocycles. The molecule has 1 N–H and O–H groups in total. The van der Waals surface area contributed by atoms with Gasteiger partial charge < -0.3 is 5.11 Å². The van der Waals surface area contributed by atoms with Crippen LogP contribution in [0.3, 0.4) is 0 Å². The maximum Gasteiger partial charge on any atom is 0.309 e. The van der Waals surface area contributed by atoms with Gasteiger partial charge >= 0.3 is 5.97 Å². The van der Waals surface area contributed by atoms with Crippen LogP contribution in [-0.2, 0) is 11.2 Å². The van der Waals surface area contributed by atoms with Crippen LogP contribution < -0.4 is 0 Å². The van der Waals surface area contributed by atoms with Crippen LogP contribution in [0.1, 0.15) is 44.6 Å². The smallest absolute Gasteiger partial charge is 0.309 e. The molecule has 0 atom stereocenters. The summed E-state index contributed by atoms with van der Waals surface area (Å²) < 4.78 is 0. The zero-order valence-corrected chi connectivity index (χ0v) is 10.9. The molecule has 0 aliphatic heterocycles. The lowest BCUT2D eigenvalue weighted by atomic mass is 9.67. The van der Waals surface area contributed by atoms with E-state index >= 15 is 0 Å². The Bertz CT molecular complexity index is 394. The Balaban J connectivity index is 2.12. The molecule has 0 unspecified atom stereocenters. The third-order valence-corrected chi connectivity index (χ3v) is 4.39. The Morgan fingerprint density at radius 3 is 2.50 bits per heavy atom. The second-order valence-corrected chi connectivity index (χ2v) is 5.47. The van der Waals surface area contributed by atoms with Crippen molar-refractivity contribution in [3.05, 3.63) is 30.1 Å². The first-order chi connectivity index (χ1) is 8.66. The number of hydrogen-bond donors (Lipinski definition) is 1. The molecule has 3 heteroatoms. The third kappa shape index (κ3) is 2.71. The highest BCUT2D eigenvalue weighted by Crippen LogP contribution is 2.42. The highest BCUT2D eigenvalue weighted by molar-refractivity contribution is 5.75. The number of hydrogen-bond acceptors (Lipinski definition) is 2. The molecule has 1 saturated carbocycles. The molecule has 0 radical (unpaired) electrons. The number of nitrogens with zero attached hydrogens (tertiary/aromatic N) is 1. The van der Waals surface area contributed by atoms with Crippen LogP contribution in [0.4, 0.5) is 0 Å². The molecule has 0 bridgehead atoms. The van der Waals surface area contributed by atoms with Crippen molar-refractivity contribution in [2.45, 2.75) is 45.4 Å². The van der Waals surface area contributed by atoms with E-state index in [0.29, 0.717) is 6.42 Å². The van der Waals surface area contributed by atoms with Crippen molar-refractivity contribution in [3.63, 3.8) is 0 Å². The van der Waals surface area contributed by atoms with Gasteiger partial charge in [-0.25, -0.2) is 0 Å². The summed E-state index contributed by atoms with van der Waals surface area (Å²) in [7, 11) is 0. The van der Waals surface area contributed by atoms with E-state index in [0.717, 1.165) is 37.2 Å². The summed E-state index contributed by atoms with van der Waals surface area (Å²) in [4.78, 5) is 15.6. The molecule has 98 valence electrons. The number of carboxylic acids is 1. The molecule has 0 saturated heterocycles. The van der Waals surface area contributed by atoms with Crippen molar-refractivity contribution >= 4 is 5.97 Å². The molecule has 1 heterocycles. The van der Waals surface area contributed by atoms with Gasteiger partial charge in [0.05, 0.1) is 5.41 Å². The summed E-state index contributed by atoms with van der Waals surface area (Å²) in [6.07, 6.45) is 9.01. The quantitative estimate of drug-likeness (QED) is 0.888. The standard InChI is InChI=1S/C15H21NO2/c1-2-12-3-7-15(8-4-12,14(17)18)11-13-5-9-16-10-6-13/h5-6,9-10,12H,2-4,7-8,11H2,1H3,(H,17,18). The molecule has 1 aromatic heterocycles. The normalized spacial score (nSPS) is 27.9. The Morgan fingerprint density at radius 2 is 2.00 bits per heavy atom. The van der Waals surface area contributed by atoms with E-state index in [1.165, 1.54) is 6.42 Å². The van der Waals surface area contributed by atoms with E-state index < -0.39 is 11.4 Å². The van der Waals surface area contributed by atoms with Crippen molar-refractivity contribution in [1.82, 2.24) is 4.98 Å². The lowest BCUT2D eigenvalue weighted by Crippen LogP contribution is -2.37. The van der Waals surface area contributed by atoms with Gasteiger partial charge in [-0.2, -0.15) is 0 Å². The summed E-state index contributed by atoms with van der Waals surface area (Å²) in [6, 6.07) is 3.85. The molecule has 2 rings (SSSR count). The minimum absolute atomic E-state index is 0.549. The molecule has 18 heavy (non-hydrogen) atoms. The zero-order chi connectivity index (χ0) is 13.0. The van der Waals surface area contributed by atoms with Crippen molar-refractivity contribution < 1.29 is 9.90 Å². The fraction of sp³-hybridized carbons (Fsp3) is 0.600. The van der Waals surface area contributed by atoms with Crippen molar-refractivity contribution in [3.8, 4) is 0 Å². The van der Waals surface area contributed by atoms with Crippen LogP contribution in [0.5, 0.6) is 0 Å². The van der Waals surface area contributed by atoms with Gasteiger partial charge in [0, 0.05) is 12.4 Å². The highest BCUT2D eigenvalue weighted by Gasteiger charge is 2.41. The Labute approximate surface area is 108 Å². The molecule has 1 fully saturated rings. The Kier molecular flexibility index (Phi) is 4.00. The summed E-state index contributed by atoms with van der Waals surface area (Å²) in [6.45, 7) is 2.20. The monoisotopic (exact) mass is 247 g/mol. The van der Waals surface area contributed by atoms with Crippen molar-refractivity contribution in [1.29, 1.82) is 0 Å². The molecule has 1 aliphatic rings. The van der Waals surface area contributed by atoms with E-state index in [4.69, 9.17) is 0 Å². The van der Waals surface area contributed by atoms with Crippen LogP contribution in [0, 0.1) is 11.3 Å². The summed E-state index contributed by atoms with van der Waals surface area (Å²) >= 11 is 0. The van der Waals surface area contributed by atoms with E-state index in [1.807, 2.05) is 12.1 Å². The van der Waals surface area contributed by atoms with E-state index in [2.05, 4.69) is 11.9 Å². The lowest BCUT2D eigenvalue weighted by Gasteiger charge is -2.36. The van der Waals surface area contributed by atoms with Crippen molar-refractivity contribution in [2.75, 3.05) is 0 Å². The number of rotatable bonds is 4. The summed E-state index contributed by atoms with van der Waals surface area (Å²) in [5.41, 5.74) is 0.537. The molecule has 1 aromatic rings. The Morgan fingerprint density at radius 1 is 1.39 bits per heavy atom. The van der Waals surface area contributed by atoms with Crippen LogP contribution in [-0.4, -0.2) is 16.1 Å². The summed E-state index contributed by atoms with van der Waals surface area (Å²) in [5.74, 6) is 0.0868. The molecule has 3 nitrogen and oxygen atoms in total. The van der Waals surface area contributed by atoms with Gasteiger partial charge in [-0.3, -0.25) is 9.78 Å². The number of pyridine rings is 1. The zero-order valence-electron chi connectivity index (χ0n) is 10.9. The lowest BCUT2D eigenvalue weighted by molar-refractivity contribution is -0.151. The fourth-order valence-electron chi connectivity index (χ4n) is 3.00. The first-order valence-electron chi connectivity index (χ1n) is 6.78. The maximum atomic E-state index is 11.7. The van der Waals surface area contributed by atoms with Crippen LogP contribution in [0.15, 0.2) is 24.5 Å². The average molecular weight is 247 g/mol. The van der Waals surface area contributed by atoms with E-state index in [-0.39, 0.29) is 0 Å². The topological polar surface area (TPSA) is 50.2 Å². The van der Waals surface area contributed by atoms with Gasteiger partial charge in [-0.05, 0) is 55.7 Å². The van der Waals surface area contributed by atoms with E-state index in [9.17, 15) is 9.90 Å². The molecule has 0 spiro atoms. The second-order valence-electron chi connectivity index (χ2n) is 5.47. The fourth-order valence-corrected chi connectivity index (χ4v) is 3.00. The van der Waals surface area contributed by atoms with Gasteiger partial charge in [-0.1, -0.05) is 13.3 Å². The molecular formula is C15H21NO2. The van der Waals surface area contributed by atoms with Crippen LogP contribution in [0.2, 0.25) is 0 Å². The molecule has 0 amide bonds. The number of carbonyl (C=O) groups is 1. The first kappa shape index (κ1) is 13.1. The highest BCUT2D eigenvalue weighted by atomic mass is 16.4. The number of carboxylic acid groups (broad SMARTS) is 1. The molecular weight excluding hydrogens is 226 g/mol. The number of aromatic nitrogens is 1. The van der Waals surface area contributed by atoms with Crippen LogP contribution in [0.25, 0.3) is 0 Å². The van der Waals surface area contributed by atoms with E-state index in [1.54, 1.807) is 12.4 Å². The van der Waals surface area contributed by atoms with Gasteiger partial charge in [0.15, 0.2) is 0 Å². The van der Waals surface area contributed by atoms with Gasteiger partial charge in [0.1, 0.15) is 0 Å². The summed E-state index contributed by atoms with van der Waals surface area (Å²) in [5, 5.41) is 9.59. The predicted molar refractivity (Wildman–Crippen MR) is 70.3 cm³/mol. The largest absolute Gasteiger partial charge is 0.481 e. The second kappa shape index (κ2) is 5.51.